The molecule has 0 aliphatic carbocycles. The number of aromatic nitrogens is 6. The van der Waals surface area contributed by atoms with Crippen molar-refractivity contribution in [3.63, 3.8) is 0 Å². The van der Waals surface area contributed by atoms with Gasteiger partial charge in [-0.1, -0.05) is 16.8 Å². The second-order valence-corrected chi connectivity index (χ2v) is 9.46. The maximum absolute atomic E-state index is 15.2. The molecule has 1 fully saturated rings. The lowest BCUT2D eigenvalue weighted by molar-refractivity contribution is 0.180. The molecule has 0 atom stereocenters. The van der Waals surface area contributed by atoms with E-state index in [1.54, 1.807) is 12.1 Å². The molecule has 3 aromatic heterocycles. The number of nitrogens with zero attached hydrogens (tertiary/aromatic N) is 6. The fourth-order valence-electron chi connectivity index (χ4n) is 4.47. The van der Waals surface area contributed by atoms with Gasteiger partial charge < -0.3 is 15.2 Å². The molecule has 0 unspecified atom stereocenters. The minimum atomic E-state index is -0.352. The first kappa shape index (κ1) is 24.1. The quantitative estimate of drug-likeness (QED) is 0.308. The minimum absolute atomic E-state index is 0.227. The van der Waals surface area contributed by atoms with Gasteiger partial charge in [0, 0.05) is 11.8 Å². The third-order valence-electron chi connectivity index (χ3n) is 6.25. The number of likely N-dealkylation sites (tertiary alicyclic amines) is 1. The van der Waals surface area contributed by atoms with Crippen molar-refractivity contribution < 1.29 is 8.91 Å². The first-order valence-corrected chi connectivity index (χ1v) is 12.1. The van der Waals surface area contributed by atoms with Gasteiger partial charge in [0.05, 0.1) is 18.4 Å². The highest BCUT2D eigenvalue weighted by atomic mass is 35.5. The molecule has 1 aliphatic rings. The number of piperidine rings is 1. The molecule has 5 rings (SSSR count). The van der Waals surface area contributed by atoms with E-state index in [-0.39, 0.29) is 17.7 Å². The Kier molecular flexibility index (Phi) is 6.84. The van der Waals surface area contributed by atoms with Gasteiger partial charge in [-0.15, -0.1) is 0 Å². The summed E-state index contributed by atoms with van der Waals surface area (Å²) in [5.41, 5.74) is 3.25. The van der Waals surface area contributed by atoms with Crippen LogP contribution in [0.25, 0.3) is 0 Å². The minimum Gasteiger partial charge on any atom is -0.338 e. The predicted octanol–water partition coefficient (Wildman–Crippen LogP) is 5.17. The number of anilines is 4. The van der Waals surface area contributed by atoms with Crippen LogP contribution in [0.3, 0.4) is 0 Å². The van der Waals surface area contributed by atoms with E-state index in [0.29, 0.717) is 40.6 Å². The first-order chi connectivity index (χ1) is 17.3. The van der Waals surface area contributed by atoms with Crippen LogP contribution >= 0.6 is 11.6 Å². The molecule has 3 N–H and O–H groups in total. The summed E-state index contributed by atoms with van der Waals surface area (Å²) in [6.07, 6.45) is 3.32. The Hall–Kier alpha value is -3.57. The van der Waals surface area contributed by atoms with Crippen LogP contribution in [0.5, 0.6) is 0 Å². The molecule has 0 saturated carbocycles. The van der Waals surface area contributed by atoms with Crippen LogP contribution in [0.1, 0.15) is 47.3 Å². The molecule has 0 bridgehead atoms. The lowest BCUT2D eigenvalue weighted by Crippen LogP contribution is -2.32. The standard InChI is InChI=1S/C24H27ClFN9O/c1-13-8-20(29-24-27-11-18(25)23(31-24)30-21-9-14(2)32-33-21)19(26)10-17(13)16-4-6-35(7-5-16)12-22-28-15(3)34-36-22/h8-11,16H,4-7,12H2,1-3H3,(H3,27,29,30,31,32,33). The number of halogens is 2. The third-order valence-corrected chi connectivity index (χ3v) is 6.53. The fraction of sp³-hybridized carbons (Fsp3) is 0.375. The van der Waals surface area contributed by atoms with Crippen LogP contribution < -0.4 is 10.6 Å². The topological polar surface area (TPSA) is 121 Å². The van der Waals surface area contributed by atoms with E-state index < -0.39 is 0 Å². The molecule has 188 valence electrons. The molecule has 4 aromatic rings. The number of hydrogen-bond donors (Lipinski definition) is 3. The van der Waals surface area contributed by atoms with E-state index >= 15 is 4.39 Å². The van der Waals surface area contributed by atoms with Crippen molar-refractivity contribution in [2.24, 2.45) is 0 Å². The van der Waals surface area contributed by atoms with E-state index in [1.807, 2.05) is 26.8 Å². The number of H-pyrrole nitrogens is 1. The summed E-state index contributed by atoms with van der Waals surface area (Å²) < 4.78 is 20.4. The molecule has 0 amide bonds. The van der Waals surface area contributed by atoms with Crippen molar-refractivity contribution in [2.75, 3.05) is 23.7 Å². The predicted molar refractivity (Wildman–Crippen MR) is 134 cm³/mol. The number of rotatable bonds is 7. The van der Waals surface area contributed by atoms with Crippen molar-refractivity contribution in [3.05, 3.63) is 63.8 Å². The van der Waals surface area contributed by atoms with Gasteiger partial charge in [-0.3, -0.25) is 10.00 Å². The van der Waals surface area contributed by atoms with Crippen molar-refractivity contribution in [1.82, 2.24) is 35.2 Å². The summed E-state index contributed by atoms with van der Waals surface area (Å²) in [5.74, 6) is 2.38. The smallest absolute Gasteiger partial charge is 0.240 e. The highest BCUT2D eigenvalue weighted by molar-refractivity contribution is 6.32. The van der Waals surface area contributed by atoms with Gasteiger partial charge in [0.2, 0.25) is 11.8 Å². The van der Waals surface area contributed by atoms with Gasteiger partial charge in [0.25, 0.3) is 0 Å². The van der Waals surface area contributed by atoms with Crippen molar-refractivity contribution in [3.8, 4) is 0 Å². The van der Waals surface area contributed by atoms with E-state index in [2.05, 4.69) is 45.8 Å². The van der Waals surface area contributed by atoms with Crippen LogP contribution in [0.2, 0.25) is 5.02 Å². The molecule has 4 heterocycles. The second-order valence-electron chi connectivity index (χ2n) is 9.05. The van der Waals surface area contributed by atoms with Crippen LogP contribution in [-0.4, -0.2) is 48.3 Å². The normalized spacial score (nSPS) is 14.8. The molecule has 1 aromatic carbocycles. The number of benzene rings is 1. The van der Waals surface area contributed by atoms with Gasteiger partial charge >= 0.3 is 0 Å². The molecule has 0 spiro atoms. The second kappa shape index (κ2) is 10.2. The Bertz CT molecular complexity index is 1360. The Balaban J connectivity index is 1.25. The lowest BCUT2D eigenvalue weighted by Gasteiger charge is -2.32. The first-order valence-electron chi connectivity index (χ1n) is 11.7. The van der Waals surface area contributed by atoms with Crippen LogP contribution in [0, 0.1) is 26.6 Å². The summed E-state index contributed by atoms with van der Waals surface area (Å²) in [7, 11) is 0. The number of aromatic amines is 1. The third kappa shape index (κ3) is 5.47. The average molecular weight is 512 g/mol. The SMILES string of the molecule is Cc1noc(CN2CCC(c3cc(F)c(Nc4ncc(Cl)c(Nc5cc(C)[nH]n5)n4)cc3C)CC2)n1. The summed E-state index contributed by atoms with van der Waals surface area (Å²) in [6.45, 7) is 8.12. The zero-order valence-electron chi connectivity index (χ0n) is 20.3. The maximum atomic E-state index is 15.2. The molecular formula is C24H27ClFN9O. The van der Waals surface area contributed by atoms with Gasteiger partial charge in [-0.05, 0) is 75.9 Å². The average Bonchev–Trinajstić information content (AvgIpc) is 3.46. The Morgan fingerprint density at radius 1 is 1.14 bits per heavy atom. The van der Waals surface area contributed by atoms with E-state index in [1.165, 1.54) is 6.20 Å². The van der Waals surface area contributed by atoms with Gasteiger partial charge in [-0.25, -0.2) is 9.37 Å². The summed E-state index contributed by atoms with van der Waals surface area (Å²) in [5, 5.41) is 17.2. The van der Waals surface area contributed by atoms with Crippen molar-refractivity contribution in [1.29, 1.82) is 0 Å². The molecule has 1 saturated heterocycles. The van der Waals surface area contributed by atoms with Gasteiger partial charge in [0.15, 0.2) is 17.5 Å². The van der Waals surface area contributed by atoms with Crippen molar-refractivity contribution >= 4 is 34.9 Å². The number of hydrogen-bond acceptors (Lipinski definition) is 9. The lowest BCUT2D eigenvalue weighted by atomic mass is 9.86. The van der Waals surface area contributed by atoms with E-state index in [0.717, 1.165) is 42.8 Å². The molecular weight excluding hydrogens is 485 g/mol. The number of nitrogens with one attached hydrogen (secondary N) is 3. The highest BCUT2D eigenvalue weighted by Gasteiger charge is 2.24. The maximum Gasteiger partial charge on any atom is 0.240 e. The van der Waals surface area contributed by atoms with Crippen LogP contribution in [0.15, 0.2) is 28.9 Å². The largest absolute Gasteiger partial charge is 0.338 e. The Morgan fingerprint density at radius 2 is 1.94 bits per heavy atom. The molecule has 12 heteroatoms. The zero-order valence-corrected chi connectivity index (χ0v) is 21.0. The monoisotopic (exact) mass is 511 g/mol. The molecule has 1 aliphatic heterocycles. The zero-order chi connectivity index (χ0) is 25.2. The van der Waals surface area contributed by atoms with Gasteiger partial charge in [0.1, 0.15) is 10.8 Å². The molecule has 0 radical (unpaired) electrons. The van der Waals surface area contributed by atoms with E-state index in [4.69, 9.17) is 16.1 Å². The molecule has 36 heavy (non-hydrogen) atoms. The summed E-state index contributed by atoms with van der Waals surface area (Å²) in [6, 6.07) is 5.26. The summed E-state index contributed by atoms with van der Waals surface area (Å²) >= 11 is 6.23. The van der Waals surface area contributed by atoms with Crippen LogP contribution in [-0.2, 0) is 6.54 Å². The van der Waals surface area contributed by atoms with E-state index in [9.17, 15) is 0 Å². The fourth-order valence-corrected chi connectivity index (χ4v) is 4.61. The summed E-state index contributed by atoms with van der Waals surface area (Å²) in [4.78, 5) is 15.2. The Morgan fingerprint density at radius 3 is 2.64 bits per heavy atom. The van der Waals surface area contributed by atoms with Crippen molar-refractivity contribution in [2.45, 2.75) is 46.1 Å². The molecule has 10 nitrogen and oxygen atoms in total. The van der Waals surface area contributed by atoms with Gasteiger partial charge in [-0.2, -0.15) is 15.1 Å². The van der Waals surface area contributed by atoms with Crippen LogP contribution in [0.4, 0.5) is 27.7 Å². The number of aryl methyl sites for hydroxylation is 3. The Labute approximate surface area is 212 Å². The highest BCUT2D eigenvalue weighted by Crippen LogP contribution is 2.34.